The quantitative estimate of drug-likeness (QED) is 0.768. The zero-order valence-electron chi connectivity index (χ0n) is 15.0. The summed E-state index contributed by atoms with van der Waals surface area (Å²) in [7, 11) is 0. The molecule has 0 atom stereocenters. The van der Waals surface area contributed by atoms with Crippen molar-refractivity contribution in [2.24, 2.45) is 0 Å². The highest BCUT2D eigenvalue weighted by molar-refractivity contribution is 5.44. The standard InChI is InChI=1S/C20H24N6/c1-16-22-10-13-26(16)20-3-2-17(15-24-20)14-23-18-6-11-25(12-7-18)19-4-8-21-9-5-19/h2-5,8-10,13,15,18,23H,6-7,11-12,14H2,1H3. The van der Waals surface area contributed by atoms with E-state index in [1.54, 1.807) is 6.20 Å². The van der Waals surface area contributed by atoms with Crippen LogP contribution in [0.5, 0.6) is 0 Å². The average Bonchev–Trinajstić information content (AvgIpc) is 3.14. The molecule has 0 aromatic carbocycles. The minimum Gasteiger partial charge on any atom is -0.371 e. The Morgan fingerprint density at radius 2 is 1.85 bits per heavy atom. The molecule has 3 aromatic rings. The maximum Gasteiger partial charge on any atom is 0.137 e. The number of hydrogen-bond donors (Lipinski definition) is 1. The van der Waals surface area contributed by atoms with Crippen LogP contribution in [-0.4, -0.2) is 38.7 Å². The van der Waals surface area contributed by atoms with E-state index < -0.39 is 0 Å². The topological polar surface area (TPSA) is 58.9 Å². The number of aromatic nitrogens is 4. The van der Waals surface area contributed by atoms with Crippen molar-refractivity contribution in [3.8, 4) is 5.82 Å². The van der Waals surface area contributed by atoms with Crippen molar-refractivity contribution in [1.29, 1.82) is 0 Å². The highest BCUT2D eigenvalue weighted by Crippen LogP contribution is 2.19. The van der Waals surface area contributed by atoms with Gasteiger partial charge in [0.15, 0.2) is 0 Å². The Labute approximate surface area is 153 Å². The Balaban J connectivity index is 1.28. The molecule has 1 aliphatic heterocycles. The van der Waals surface area contributed by atoms with Crippen molar-refractivity contribution < 1.29 is 0 Å². The van der Waals surface area contributed by atoms with Crippen molar-refractivity contribution in [3.63, 3.8) is 0 Å². The highest BCUT2D eigenvalue weighted by Gasteiger charge is 2.18. The van der Waals surface area contributed by atoms with Crippen molar-refractivity contribution in [2.45, 2.75) is 32.4 Å². The summed E-state index contributed by atoms with van der Waals surface area (Å²) < 4.78 is 1.99. The van der Waals surface area contributed by atoms with E-state index in [-0.39, 0.29) is 0 Å². The first kappa shape index (κ1) is 16.7. The zero-order valence-corrected chi connectivity index (χ0v) is 15.0. The van der Waals surface area contributed by atoms with E-state index in [2.05, 4.69) is 49.4 Å². The molecule has 0 radical (unpaired) electrons. The molecule has 6 heteroatoms. The van der Waals surface area contributed by atoms with E-state index in [1.807, 2.05) is 36.3 Å². The summed E-state index contributed by atoms with van der Waals surface area (Å²) in [6.07, 6.45) is 11.7. The van der Waals surface area contributed by atoms with Gasteiger partial charge in [-0.3, -0.25) is 9.55 Å². The summed E-state index contributed by atoms with van der Waals surface area (Å²) in [5.74, 6) is 1.86. The molecule has 1 N–H and O–H groups in total. The Bertz CT molecular complexity index is 819. The maximum absolute atomic E-state index is 4.57. The van der Waals surface area contributed by atoms with Crippen LogP contribution >= 0.6 is 0 Å². The molecule has 0 aliphatic carbocycles. The number of hydrogen-bond acceptors (Lipinski definition) is 5. The molecule has 26 heavy (non-hydrogen) atoms. The monoisotopic (exact) mass is 348 g/mol. The normalized spacial score (nSPS) is 15.3. The van der Waals surface area contributed by atoms with Crippen LogP contribution in [0.15, 0.2) is 55.2 Å². The van der Waals surface area contributed by atoms with Crippen LogP contribution in [0.3, 0.4) is 0 Å². The van der Waals surface area contributed by atoms with Gasteiger partial charge in [-0.25, -0.2) is 9.97 Å². The first-order valence-corrected chi connectivity index (χ1v) is 9.13. The lowest BCUT2D eigenvalue weighted by atomic mass is 10.0. The van der Waals surface area contributed by atoms with Gasteiger partial charge in [-0.05, 0) is 43.5 Å². The lowest BCUT2D eigenvalue weighted by Crippen LogP contribution is -2.42. The number of rotatable bonds is 5. The van der Waals surface area contributed by atoms with Gasteiger partial charge in [0.1, 0.15) is 11.6 Å². The number of anilines is 1. The number of imidazole rings is 1. The molecule has 3 aromatic heterocycles. The second-order valence-electron chi connectivity index (χ2n) is 6.72. The number of aryl methyl sites for hydroxylation is 1. The fourth-order valence-corrected chi connectivity index (χ4v) is 3.44. The van der Waals surface area contributed by atoms with Gasteiger partial charge in [-0.15, -0.1) is 0 Å². The first-order valence-electron chi connectivity index (χ1n) is 9.13. The molecule has 0 saturated carbocycles. The number of pyridine rings is 2. The molecular formula is C20H24N6. The molecule has 6 nitrogen and oxygen atoms in total. The maximum atomic E-state index is 4.57. The summed E-state index contributed by atoms with van der Waals surface area (Å²) >= 11 is 0. The summed E-state index contributed by atoms with van der Waals surface area (Å²) in [6.45, 7) is 5.00. The summed E-state index contributed by atoms with van der Waals surface area (Å²) in [4.78, 5) is 15.3. The van der Waals surface area contributed by atoms with E-state index in [1.165, 1.54) is 11.3 Å². The summed E-state index contributed by atoms with van der Waals surface area (Å²) in [6, 6.07) is 8.92. The molecule has 0 bridgehead atoms. The number of nitrogens with zero attached hydrogens (tertiary/aromatic N) is 5. The summed E-state index contributed by atoms with van der Waals surface area (Å²) in [5, 5.41) is 3.68. The number of nitrogens with one attached hydrogen (secondary N) is 1. The Hall–Kier alpha value is -2.73. The van der Waals surface area contributed by atoms with Crippen molar-refractivity contribution in [1.82, 2.24) is 24.8 Å². The fourth-order valence-electron chi connectivity index (χ4n) is 3.44. The smallest absolute Gasteiger partial charge is 0.137 e. The van der Waals surface area contributed by atoms with Crippen LogP contribution in [0.25, 0.3) is 5.82 Å². The van der Waals surface area contributed by atoms with Gasteiger partial charge in [0.05, 0.1) is 0 Å². The van der Waals surface area contributed by atoms with Crippen LogP contribution < -0.4 is 10.2 Å². The van der Waals surface area contributed by atoms with Gasteiger partial charge in [-0.1, -0.05) is 6.07 Å². The molecule has 4 heterocycles. The first-order chi connectivity index (χ1) is 12.8. The van der Waals surface area contributed by atoms with E-state index in [9.17, 15) is 0 Å². The molecule has 0 unspecified atom stereocenters. The SMILES string of the molecule is Cc1nccn1-c1ccc(CNC2CCN(c3ccncc3)CC2)cn1. The molecule has 134 valence electrons. The Morgan fingerprint density at radius 3 is 2.50 bits per heavy atom. The summed E-state index contributed by atoms with van der Waals surface area (Å²) in [5.41, 5.74) is 2.48. The minimum atomic E-state index is 0.559. The van der Waals surface area contributed by atoms with Crippen molar-refractivity contribution in [2.75, 3.05) is 18.0 Å². The van der Waals surface area contributed by atoms with Gasteiger partial charge in [0.2, 0.25) is 0 Å². The molecule has 1 fully saturated rings. The van der Waals surface area contributed by atoms with Crippen LogP contribution in [0.4, 0.5) is 5.69 Å². The fraction of sp³-hybridized carbons (Fsp3) is 0.350. The molecule has 1 aliphatic rings. The van der Waals surface area contributed by atoms with Gasteiger partial charge >= 0.3 is 0 Å². The van der Waals surface area contributed by atoms with Crippen LogP contribution in [0.1, 0.15) is 24.2 Å². The van der Waals surface area contributed by atoms with E-state index >= 15 is 0 Å². The van der Waals surface area contributed by atoms with Crippen molar-refractivity contribution in [3.05, 3.63) is 66.6 Å². The number of piperidine rings is 1. The lowest BCUT2D eigenvalue weighted by Gasteiger charge is -2.34. The molecule has 0 amide bonds. The third-order valence-corrected chi connectivity index (χ3v) is 5.00. The minimum absolute atomic E-state index is 0.559. The molecule has 0 spiro atoms. The Morgan fingerprint density at radius 1 is 1.04 bits per heavy atom. The Kier molecular flexibility index (Phi) is 4.93. The highest BCUT2D eigenvalue weighted by atomic mass is 15.1. The second-order valence-corrected chi connectivity index (χ2v) is 6.72. The van der Waals surface area contributed by atoms with Crippen LogP contribution in [-0.2, 0) is 6.54 Å². The largest absolute Gasteiger partial charge is 0.371 e. The predicted molar refractivity (Wildman–Crippen MR) is 102 cm³/mol. The van der Waals surface area contributed by atoms with E-state index in [0.717, 1.165) is 44.1 Å². The van der Waals surface area contributed by atoms with Gasteiger partial charge in [0, 0.05) is 62.3 Å². The third kappa shape index (κ3) is 3.75. The van der Waals surface area contributed by atoms with Crippen LogP contribution in [0, 0.1) is 6.92 Å². The van der Waals surface area contributed by atoms with Gasteiger partial charge in [0.25, 0.3) is 0 Å². The van der Waals surface area contributed by atoms with Crippen molar-refractivity contribution >= 4 is 5.69 Å². The van der Waals surface area contributed by atoms with Crippen LogP contribution in [0.2, 0.25) is 0 Å². The molecule has 1 saturated heterocycles. The lowest BCUT2D eigenvalue weighted by molar-refractivity contribution is 0.414. The second kappa shape index (κ2) is 7.66. The van der Waals surface area contributed by atoms with Gasteiger partial charge < -0.3 is 10.2 Å². The van der Waals surface area contributed by atoms with E-state index in [0.29, 0.717) is 6.04 Å². The zero-order chi connectivity index (χ0) is 17.8. The average molecular weight is 348 g/mol. The van der Waals surface area contributed by atoms with E-state index in [4.69, 9.17) is 0 Å². The van der Waals surface area contributed by atoms with Gasteiger partial charge in [-0.2, -0.15) is 0 Å². The third-order valence-electron chi connectivity index (χ3n) is 5.00. The predicted octanol–water partition coefficient (Wildman–Crippen LogP) is 2.73. The molecular weight excluding hydrogens is 324 g/mol. The molecule has 4 rings (SSSR count).